The molecule has 1 amide bonds. The van der Waals surface area contributed by atoms with Crippen LogP contribution < -0.4 is 5.32 Å². The molecule has 1 aromatic carbocycles. The Morgan fingerprint density at radius 1 is 1.17 bits per heavy atom. The summed E-state index contributed by atoms with van der Waals surface area (Å²) in [6, 6.07) is 3.67. The van der Waals surface area contributed by atoms with E-state index >= 15 is 0 Å². The van der Waals surface area contributed by atoms with Gasteiger partial charge in [0.1, 0.15) is 5.60 Å². The maximum atomic E-state index is 12.9. The lowest BCUT2D eigenvalue weighted by atomic mass is 9.93. The highest BCUT2D eigenvalue weighted by atomic mass is 32.1. The van der Waals surface area contributed by atoms with Crippen molar-refractivity contribution in [3.05, 3.63) is 34.7 Å². The molecule has 0 fully saturated rings. The van der Waals surface area contributed by atoms with Crippen molar-refractivity contribution in [3.8, 4) is 0 Å². The van der Waals surface area contributed by atoms with Gasteiger partial charge in [-0.3, -0.25) is 0 Å². The summed E-state index contributed by atoms with van der Waals surface area (Å²) in [5.41, 5.74) is -1.75. The number of hydrogen-bond acceptors (Lipinski definition) is 5. The summed E-state index contributed by atoms with van der Waals surface area (Å²) in [5, 5.41) is 24.6. The van der Waals surface area contributed by atoms with Gasteiger partial charge < -0.3 is 20.3 Å². The molecule has 0 aliphatic rings. The average Bonchev–Trinajstić information content (AvgIpc) is 3.01. The molecule has 0 saturated heterocycles. The molecule has 0 aliphatic carbocycles. The standard InChI is InChI=1S/C20H26F3NO4S/c1-18(2,3)28-17(27)24-19(11-25,12-26)8-4-5-13-10-29-16-9-14(20(21,22)23)6-7-15(13)16/h6-7,9-10,25-26H,4-5,8,11-12H2,1-3H3,(H,24,27). The van der Waals surface area contributed by atoms with E-state index in [0.717, 1.165) is 23.1 Å². The predicted octanol–water partition coefficient (Wildman–Crippen LogP) is 4.49. The highest BCUT2D eigenvalue weighted by molar-refractivity contribution is 7.17. The Bertz CT molecular complexity index is 838. The van der Waals surface area contributed by atoms with Gasteiger partial charge in [-0.2, -0.15) is 13.2 Å². The predicted molar refractivity (Wildman–Crippen MR) is 106 cm³/mol. The number of fused-ring (bicyclic) bond motifs is 1. The first-order chi connectivity index (χ1) is 13.4. The SMILES string of the molecule is CC(C)(C)OC(=O)NC(CO)(CO)CCCc1csc2cc(C(F)(F)F)ccc12. The van der Waals surface area contributed by atoms with E-state index in [4.69, 9.17) is 4.74 Å². The number of rotatable bonds is 7. The topological polar surface area (TPSA) is 78.8 Å². The second-order valence-corrected chi connectivity index (χ2v) is 8.96. The quantitative estimate of drug-likeness (QED) is 0.601. The van der Waals surface area contributed by atoms with Crippen molar-refractivity contribution < 1.29 is 32.9 Å². The molecule has 1 aromatic heterocycles. The Morgan fingerprint density at radius 3 is 2.38 bits per heavy atom. The van der Waals surface area contributed by atoms with Crippen LogP contribution >= 0.6 is 11.3 Å². The molecule has 3 N–H and O–H groups in total. The minimum atomic E-state index is -4.38. The van der Waals surface area contributed by atoms with E-state index in [1.54, 1.807) is 20.8 Å². The fraction of sp³-hybridized carbons (Fsp3) is 0.550. The number of ether oxygens (including phenoxy) is 1. The van der Waals surface area contributed by atoms with Gasteiger partial charge in [0.05, 0.1) is 24.3 Å². The summed E-state index contributed by atoms with van der Waals surface area (Å²) in [6.07, 6.45) is -3.81. The molecule has 9 heteroatoms. The van der Waals surface area contributed by atoms with Crippen LogP contribution in [-0.4, -0.2) is 40.7 Å². The number of amides is 1. The Hall–Kier alpha value is -1.84. The molecule has 0 aliphatic heterocycles. The van der Waals surface area contributed by atoms with Gasteiger partial charge in [-0.05, 0) is 68.5 Å². The van der Waals surface area contributed by atoms with Gasteiger partial charge in [-0.1, -0.05) is 6.07 Å². The number of aliphatic hydroxyl groups is 2. The van der Waals surface area contributed by atoms with E-state index in [0.29, 0.717) is 17.5 Å². The summed E-state index contributed by atoms with van der Waals surface area (Å²) in [6.45, 7) is 4.18. The summed E-state index contributed by atoms with van der Waals surface area (Å²) >= 11 is 1.24. The summed E-state index contributed by atoms with van der Waals surface area (Å²) in [7, 11) is 0. The molecule has 162 valence electrons. The molecule has 0 saturated carbocycles. The number of hydrogen-bond donors (Lipinski definition) is 3. The molecular formula is C20H26F3NO4S. The molecule has 2 rings (SSSR count). The van der Waals surface area contributed by atoms with Crippen molar-refractivity contribution in [1.29, 1.82) is 0 Å². The van der Waals surface area contributed by atoms with Gasteiger partial charge in [0, 0.05) is 4.70 Å². The van der Waals surface area contributed by atoms with E-state index in [1.165, 1.54) is 17.4 Å². The molecule has 0 spiro atoms. The smallest absolute Gasteiger partial charge is 0.416 e. The third-order valence-corrected chi connectivity index (χ3v) is 5.45. The van der Waals surface area contributed by atoms with E-state index in [9.17, 15) is 28.2 Å². The second-order valence-electron chi connectivity index (χ2n) is 8.05. The number of aliphatic hydroxyl groups excluding tert-OH is 2. The van der Waals surface area contributed by atoms with Crippen LogP contribution in [0.15, 0.2) is 23.6 Å². The first kappa shape index (κ1) is 23.4. The molecular weight excluding hydrogens is 407 g/mol. The van der Waals surface area contributed by atoms with Gasteiger partial charge in [-0.25, -0.2) is 4.79 Å². The molecule has 5 nitrogen and oxygen atoms in total. The van der Waals surface area contributed by atoms with E-state index < -0.39 is 42.2 Å². The zero-order valence-corrected chi connectivity index (χ0v) is 17.4. The fourth-order valence-corrected chi connectivity index (χ4v) is 3.98. The third-order valence-electron chi connectivity index (χ3n) is 4.46. The van der Waals surface area contributed by atoms with Crippen molar-refractivity contribution >= 4 is 27.5 Å². The molecule has 1 heterocycles. The van der Waals surface area contributed by atoms with Crippen LogP contribution in [0.2, 0.25) is 0 Å². The van der Waals surface area contributed by atoms with E-state index in [1.807, 2.05) is 5.38 Å². The van der Waals surface area contributed by atoms with Crippen LogP contribution in [0.4, 0.5) is 18.0 Å². The normalized spacial score (nSPS) is 13.0. The Labute approximate surface area is 171 Å². The number of carbonyl (C=O) groups excluding carboxylic acids is 1. The van der Waals surface area contributed by atoms with Crippen molar-refractivity contribution in [3.63, 3.8) is 0 Å². The van der Waals surface area contributed by atoms with Crippen LogP contribution in [0.5, 0.6) is 0 Å². The Kier molecular flexibility index (Phi) is 7.19. The lowest BCUT2D eigenvalue weighted by Crippen LogP contribution is -2.55. The lowest BCUT2D eigenvalue weighted by Gasteiger charge is -2.32. The number of alkyl carbamates (subject to hydrolysis) is 1. The van der Waals surface area contributed by atoms with Gasteiger partial charge in [-0.15, -0.1) is 11.3 Å². The maximum absolute atomic E-state index is 12.9. The third kappa shape index (κ3) is 6.32. The minimum absolute atomic E-state index is 0.275. The fourth-order valence-electron chi connectivity index (χ4n) is 2.94. The molecule has 0 bridgehead atoms. The van der Waals surface area contributed by atoms with Crippen LogP contribution in [0.3, 0.4) is 0 Å². The van der Waals surface area contributed by atoms with Gasteiger partial charge in [0.2, 0.25) is 0 Å². The van der Waals surface area contributed by atoms with Crippen LogP contribution in [0.25, 0.3) is 10.1 Å². The van der Waals surface area contributed by atoms with Gasteiger partial charge in [0.15, 0.2) is 0 Å². The summed E-state index contributed by atoms with van der Waals surface area (Å²) in [4.78, 5) is 12.0. The molecule has 2 aromatic rings. The second kappa shape index (κ2) is 8.89. The van der Waals surface area contributed by atoms with E-state index in [2.05, 4.69) is 5.32 Å². The molecule has 0 radical (unpaired) electrons. The first-order valence-electron chi connectivity index (χ1n) is 9.19. The van der Waals surface area contributed by atoms with Crippen LogP contribution in [-0.2, 0) is 17.3 Å². The number of nitrogens with one attached hydrogen (secondary N) is 1. The van der Waals surface area contributed by atoms with Crippen molar-refractivity contribution in [1.82, 2.24) is 5.32 Å². The van der Waals surface area contributed by atoms with Crippen molar-refractivity contribution in [2.45, 2.75) is 57.3 Å². The first-order valence-corrected chi connectivity index (χ1v) is 10.1. The zero-order valence-electron chi connectivity index (χ0n) is 16.6. The van der Waals surface area contributed by atoms with Crippen LogP contribution in [0, 0.1) is 0 Å². The molecule has 0 unspecified atom stereocenters. The largest absolute Gasteiger partial charge is 0.444 e. The molecule has 0 atom stereocenters. The summed E-state index contributed by atoms with van der Waals surface area (Å²) < 4.78 is 44.3. The monoisotopic (exact) mass is 433 g/mol. The Balaban J connectivity index is 2.05. The number of carbonyl (C=O) groups is 1. The number of halogens is 3. The Morgan fingerprint density at radius 2 is 1.83 bits per heavy atom. The minimum Gasteiger partial charge on any atom is -0.444 e. The highest BCUT2D eigenvalue weighted by Crippen LogP contribution is 2.35. The molecule has 29 heavy (non-hydrogen) atoms. The average molecular weight is 433 g/mol. The maximum Gasteiger partial charge on any atom is 0.416 e. The highest BCUT2D eigenvalue weighted by Gasteiger charge is 2.33. The number of benzene rings is 1. The van der Waals surface area contributed by atoms with Gasteiger partial charge in [0.25, 0.3) is 0 Å². The lowest BCUT2D eigenvalue weighted by molar-refractivity contribution is -0.137. The summed E-state index contributed by atoms with van der Waals surface area (Å²) in [5.74, 6) is 0. The van der Waals surface area contributed by atoms with Crippen molar-refractivity contribution in [2.75, 3.05) is 13.2 Å². The number of alkyl halides is 3. The zero-order chi connectivity index (χ0) is 21.9. The van der Waals surface area contributed by atoms with Crippen LogP contribution in [0.1, 0.15) is 44.7 Å². The van der Waals surface area contributed by atoms with Crippen molar-refractivity contribution in [2.24, 2.45) is 0 Å². The van der Waals surface area contributed by atoms with E-state index in [-0.39, 0.29) is 6.42 Å². The van der Waals surface area contributed by atoms with Gasteiger partial charge >= 0.3 is 12.3 Å². The number of thiophene rings is 1. The number of aryl methyl sites for hydroxylation is 1.